The molecule has 23 heavy (non-hydrogen) atoms. The number of nitriles is 1. The first-order chi connectivity index (χ1) is 11.1. The smallest absolute Gasteiger partial charge is 0.257 e. The lowest BCUT2D eigenvalue weighted by Crippen LogP contribution is -2.14. The number of para-hydroxylation sites is 2. The fourth-order valence-corrected chi connectivity index (χ4v) is 2.69. The maximum absolute atomic E-state index is 12.0. The van der Waals surface area contributed by atoms with E-state index in [1.54, 1.807) is 13.8 Å². The van der Waals surface area contributed by atoms with E-state index in [1.165, 1.54) is 11.8 Å². The number of hydrogen-bond donors (Lipinski definition) is 1. The molecule has 3 rings (SSSR count). The van der Waals surface area contributed by atoms with E-state index in [-0.39, 0.29) is 17.5 Å². The Kier molecular flexibility index (Phi) is 4.08. The van der Waals surface area contributed by atoms with Crippen molar-refractivity contribution < 1.29 is 13.6 Å². The highest BCUT2D eigenvalue weighted by atomic mass is 32.2. The van der Waals surface area contributed by atoms with Crippen molar-refractivity contribution in [1.29, 1.82) is 5.26 Å². The predicted octanol–water partition coefficient (Wildman–Crippen LogP) is 3.64. The molecule has 2 aromatic heterocycles. The number of furan rings is 1. The molecule has 0 atom stereocenters. The quantitative estimate of drug-likeness (QED) is 0.735. The summed E-state index contributed by atoms with van der Waals surface area (Å²) in [5.41, 5.74) is 2.51. The molecule has 3 aromatic rings. The van der Waals surface area contributed by atoms with Crippen molar-refractivity contribution in [2.45, 2.75) is 19.1 Å². The number of nitrogens with one attached hydrogen (secondary N) is 1. The van der Waals surface area contributed by atoms with Gasteiger partial charge in [-0.05, 0) is 26.0 Å². The first kappa shape index (κ1) is 15.2. The van der Waals surface area contributed by atoms with E-state index in [0.717, 1.165) is 11.1 Å². The van der Waals surface area contributed by atoms with E-state index >= 15 is 0 Å². The van der Waals surface area contributed by atoms with Gasteiger partial charge in [-0.25, -0.2) is 4.98 Å². The van der Waals surface area contributed by atoms with Gasteiger partial charge in [0.1, 0.15) is 22.9 Å². The van der Waals surface area contributed by atoms with Gasteiger partial charge in [-0.3, -0.25) is 10.1 Å². The summed E-state index contributed by atoms with van der Waals surface area (Å²) >= 11 is 1.18. The summed E-state index contributed by atoms with van der Waals surface area (Å²) in [6.07, 6.45) is 0. The Labute approximate surface area is 136 Å². The van der Waals surface area contributed by atoms with Gasteiger partial charge in [0.05, 0.1) is 5.75 Å². The molecule has 6 nitrogen and oxygen atoms in total. The summed E-state index contributed by atoms with van der Waals surface area (Å²) in [7, 11) is 0. The van der Waals surface area contributed by atoms with E-state index in [0.29, 0.717) is 22.1 Å². The van der Waals surface area contributed by atoms with Gasteiger partial charge < -0.3 is 8.83 Å². The largest absolute Gasteiger partial charge is 0.444 e. The minimum atomic E-state index is -0.289. The van der Waals surface area contributed by atoms with Gasteiger partial charge in [-0.2, -0.15) is 5.26 Å². The van der Waals surface area contributed by atoms with E-state index in [4.69, 9.17) is 14.1 Å². The Balaban J connectivity index is 1.66. The number of fused-ring (bicyclic) bond motifs is 1. The molecule has 0 saturated carbocycles. The van der Waals surface area contributed by atoms with E-state index in [1.807, 2.05) is 30.3 Å². The Hall–Kier alpha value is -2.72. The summed E-state index contributed by atoms with van der Waals surface area (Å²) in [5.74, 6) is 0.618. The molecule has 0 aliphatic carbocycles. The second kappa shape index (κ2) is 6.18. The van der Waals surface area contributed by atoms with Crippen LogP contribution in [0.5, 0.6) is 0 Å². The standard InChI is InChI=1S/C16H13N3O3S/c1-9-10(2)21-15(11(9)7-17)19-14(20)8-23-16-18-12-5-3-4-6-13(12)22-16/h3-6H,8H2,1-2H3,(H,19,20). The number of benzene rings is 1. The highest BCUT2D eigenvalue weighted by molar-refractivity contribution is 7.99. The second-order valence-electron chi connectivity index (χ2n) is 4.88. The van der Waals surface area contributed by atoms with Crippen LogP contribution in [0.4, 0.5) is 5.88 Å². The average molecular weight is 327 g/mol. The predicted molar refractivity (Wildman–Crippen MR) is 86.3 cm³/mol. The lowest BCUT2D eigenvalue weighted by Gasteiger charge is -2.00. The SMILES string of the molecule is Cc1oc(NC(=O)CSc2nc3ccccc3o2)c(C#N)c1C. The number of nitrogens with zero attached hydrogens (tertiary/aromatic N) is 2. The van der Waals surface area contributed by atoms with Crippen LogP contribution in [-0.2, 0) is 4.79 Å². The highest BCUT2D eigenvalue weighted by Crippen LogP contribution is 2.26. The van der Waals surface area contributed by atoms with Crippen molar-refractivity contribution >= 4 is 34.7 Å². The van der Waals surface area contributed by atoms with Crippen molar-refractivity contribution in [3.05, 3.63) is 41.2 Å². The fraction of sp³-hybridized carbons (Fsp3) is 0.188. The molecular weight excluding hydrogens is 314 g/mol. The van der Waals surface area contributed by atoms with E-state index in [2.05, 4.69) is 10.3 Å². The molecule has 1 aromatic carbocycles. The normalized spacial score (nSPS) is 10.7. The maximum atomic E-state index is 12.0. The molecule has 1 N–H and O–H groups in total. The van der Waals surface area contributed by atoms with Gasteiger partial charge in [-0.1, -0.05) is 23.9 Å². The number of thioether (sulfide) groups is 1. The number of aromatic nitrogens is 1. The minimum absolute atomic E-state index is 0.108. The van der Waals surface area contributed by atoms with Crippen LogP contribution in [-0.4, -0.2) is 16.6 Å². The van der Waals surface area contributed by atoms with Gasteiger partial charge in [0.2, 0.25) is 11.8 Å². The molecule has 0 bridgehead atoms. The molecule has 1 amide bonds. The molecule has 0 spiro atoms. The number of aryl methyl sites for hydroxylation is 1. The van der Waals surface area contributed by atoms with Gasteiger partial charge >= 0.3 is 0 Å². The molecule has 0 fully saturated rings. The van der Waals surface area contributed by atoms with Crippen LogP contribution >= 0.6 is 11.8 Å². The molecule has 0 unspecified atom stereocenters. The fourth-order valence-electron chi connectivity index (χ4n) is 2.05. The molecule has 2 heterocycles. The first-order valence-electron chi connectivity index (χ1n) is 6.87. The Morgan fingerprint density at radius 1 is 1.35 bits per heavy atom. The lowest BCUT2D eigenvalue weighted by molar-refractivity contribution is -0.113. The van der Waals surface area contributed by atoms with Gasteiger partial charge in [0, 0.05) is 5.56 Å². The molecule has 116 valence electrons. The van der Waals surface area contributed by atoms with Crippen LogP contribution in [0.3, 0.4) is 0 Å². The zero-order valence-electron chi connectivity index (χ0n) is 12.5. The second-order valence-corrected chi connectivity index (χ2v) is 5.81. The van der Waals surface area contributed by atoms with Crippen LogP contribution in [0.15, 0.2) is 38.3 Å². The van der Waals surface area contributed by atoms with Gasteiger partial charge in [-0.15, -0.1) is 0 Å². The third-order valence-electron chi connectivity index (χ3n) is 3.35. The maximum Gasteiger partial charge on any atom is 0.257 e. The van der Waals surface area contributed by atoms with Crippen LogP contribution in [0, 0.1) is 25.2 Å². The number of rotatable bonds is 4. The van der Waals surface area contributed by atoms with Crippen LogP contribution in [0.1, 0.15) is 16.9 Å². The Morgan fingerprint density at radius 2 is 2.13 bits per heavy atom. The van der Waals surface area contributed by atoms with Gasteiger partial charge in [0.15, 0.2) is 5.58 Å². The monoisotopic (exact) mass is 327 g/mol. The zero-order valence-corrected chi connectivity index (χ0v) is 13.4. The van der Waals surface area contributed by atoms with E-state index < -0.39 is 0 Å². The zero-order chi connectivity index (χ0) is 16.4. The summed E-state index contributed by atoms with van der Waals surface area (Å²) in [4.78, 5) is 16.3. The Bertz CT molecular complexity index is 887. The number of carbonyl (C=O) groups is 1. The molecule has 0 saturated heterocycles. The first-order valence-corrected chi connectivity index (χ1v) is 7.85. The number of anilines is 1. The van der Waals surface area contributed by atoms with Crippen molar-refractivity contribution in [1.82, 2.24) is 4.98 Å². The summed E-state index contributed by atoms with van der Waals surface area (Å²) < 4.78 is 10.9. The molecule has 0 aliphatic rings. The lowest BCUT2D eigenvalue weighted by atomic mass is 10.2. The number of hydrogen-bond acceptors (Lipinski definition) is 6. The van der Waals surface area contributed by atoms with E-state index in [9.17, 15) is 4.79 Å². The van der Waals surface area contributed by atoms with Crippen LogP contribution < -0.4 is 5.32 Å². The summed E-state index contributed by atoms with van der Waals surface area (Å²) in [6, 6.07) is 9.43. The number of amides is 1. The summed E-state index contributed by atoms with van der Waals surface area (Å²) in [5, 5.41) is 12.2. The molecule has 0 radical (unpaired) electrons. The Morgan fingerprint density at radius 3 is 2.87 bits per heavy atom. The van der Waals surface area contributed by atoms with Gasteiger partial charge in [0.25, 0.3) is 5.22 Å². The van der Waals surface area contributed by atoms with Crippen LogP contribution in [0.25, 0.3) is 11.1 Å². The van der Waals surface area contributed by atoms with Crippen molar-refractivity contribution in [2.75, 3.05) is 11.1 Å². The number of oxazole rings is 1. The minimum Gasteiger partial charge on any atom is -0.444 e. The topological polar surface area (TPSA) is 92.1 Å². The molecule has 7 heteroatoms. The average Bonchev–Trinajstić information content (AvgIpc) is 3.06. The van der Waals surface area contributed by atoms with Crippen LogP contribution in [0.2, 0.25) is 0 Å². The molecular formula is C16H13N3O3S. The third-order valence-corrected chi connectivity index (χ3v) is 4.18. The molecule has 0 aliphatic heterocycles. The number of carbonyl (C=O) groups excluding carboxylic acids is 1. The highest BCUT2D eigenvalue weighted by Gasteiger charge is 2.17. The third kappa shape index (κ3) is 3.07. The van der Waals surface area contributed by atoms with Crippen molar-refractivity contribution in [2.24, 2.45) is 0 Å². The summed E-state index contributed by atoms with van der Waals surface area (Å²) in [6.45, 7) is 3.53. The van der Waals surface area contributed by atoms with Crippen molar-refractivity contribution in [3.8, 4) is 6.07 Å². The van der Waals surface area contributed by atoms with Crippen molar-refractivity contribution in [3.63, 3.8) is 0 Å².